The zero-order valence-corrected chi connectivity index (χ0v) is 11.6. The van der Waals surface area contributed by atoms with E-state index >= 15 is 0 Å². The van der Waals surface area contributed by atoms with E-state index in [2.05, 4.69) is 0 Å². The largest absolute Gasteiger partial charge is 0.496 e. The van der Waals surface area contributed by atoms with Crippen molar-refractivity contribution in [2.75, 3.05) is 7.11 Å². The van der Waals surface area contributed by atoms with Gasteiger partial charge in [0, 0.05) is 5.56 Å². The summed E-state index contributed by atoms with van der Waals surface area (Å²) in [5, 5.41) is 9.62. The Morgan fingerprint density at radius 1 is 1.05 bits per heavy atom. The Morgan fingerprint density at radius 2 is 1.65 bits per heavy atom. The summed E-state index contributed by atoms with van der Waals surface area (Å²) in [6.45, 7) is 1.93. The first-order valence-electron chi connectivity index (χ1n) is 6.55. The van der Waals surface area contributed by atoms with Gasteiger partial charge in [-0.05, 0) is 17.5 Å². The van der Waals surface area contributed by atoms with E-state index in [1.807, 2.05) is 55.5 Å². The molecule has 0 radical (unpaired) electrons. The number of para-hydroxylation sites is 1. The van der Waals surface area contributed by atoms with Gasteiger partial charge in [-0.3, -0.25) is 4.79 Å². The van der Waals surface area contributed by atoms with Gasteiger partial charge in [0.05, 0.1) is 13.0 Å². The Balaban J connectivity index is 2.44. The molecule has 2 unspecified atom stereocenters. The molecule has 0 saturated heterocycles. The van der Waals surface area contributed by atoms with E-state index < -0.39 is 11.9 Å². The van der Waals surface area contributed by atoms with Gasteiger partial charge in [0.15, 0.2) is 0 Å². The zero-order valence-electron chi connectivity index (χ0n) is 11.6. The third-order valence-corrected chi connectivity index (χ3v) is 3.57. The highest BCUT2D eigenvalue weighted by molar-refractivity contribution is 5.78. The highest BCUT2D eigenvalue weighted by Crippen LogP contribution is 2.37. The molecule has 0 aromatic heterocycles. The van der Waals surface area contributed by atoms with E-state index in [4.69, 9.17) is 4.74 Å². The van der Waals surface area contributed by atoms with Gasteiger partial charge in [-0.25, -0.2) is 0 Å². The lowest BCUT2D eigenvalue weighted by Crippen LogP contribution is -2.19. The van der Waals surface area contributed by atoms with Crippen LogP contribution < -0.4 is 4.74 Å². The maximum absolute atomic E-state index is 11.7. The van der Waals surface area contributed by atoms with Crippen molar-refractivity contribution in [3.8, 4) is 5.75 Å². The lowest BCUT2D eigenvalue weighted by Gasteiger charge is -2.22. The molecule has 0 heterocycles. The monoisotopic (exact) mass is 270 g/mol. The Morgan fingerprint density at radius 3 is 2.25 bits per heavy atom. The number of hydrogen-bond acceptors (Lipinski definition) is 2. The van der Waals surface area contributed by atoms with Gasteiger partial charge in [0.2, 0.25) is 0 Å². The van der Waals surface area contributed by atoms with Crippen molar-refractivity contribution in [3.05, 3.63) is 65.7 Å². The maximum atomic E-state index is 11.7. The molecule has 20 heavy (non-hydrogen) atoms. The number of rotatable bonds is 5. The van der Waals surface area contributed by atoms with Crippen molar-refractivity contribution in [1.29, 1.82) is 0 Å². The van der Waals surface area contributed by atoms with E-state index in [0.717, 1.165) is 5.56 Å². The summed E-state index contributed by atoms with van der Waals surface area (Å²) in [7, 11) is 1.56. The van der Waals surface area contributed by atoms with Crippen molar-refractivity contribution in [1.82, 2.24) is 0 Å². The second-order valence-electron chi connectivity index (χ2n) is 4.76. The number of benzene rings is 2. The maximum Gasteiger partial charge on any atom is 0.311 e. The van der Waals surface area contributed by atoms with Crippen molar-refractivity contribution in [2.24, 2.45) is 0 Å². The molecule has 2 rings (SSSR count). The molecule has 3 heteroatoms. The van der Waals surface area contributed by atoms with Crippen LogP contribution in [0.15, 0.2) is 54.6 Å². The second kappa shape index (κ2) is 6.24. The highest BCUT2D eigenvalue weighted by atomic mass is 16.5. The highest BCUT2D eigenvalue weighted by Gasteiger charge is 2.29. The predicted octanol–water partition coefficient (Wildman–Crippen LogP) is 3.67. The summed E-state index contributed by atoms with van der Waals surface area (Å²) in [6.07, 6.45) is 0. The molecule has 0 saturated carbocycles. The molecule has 0 aliphatic heterocycles. The molecule has 0 aliphatic carbocycles. The van der Waals surface area contributed by atoms with Gasteiger partial charge in [-0.1, -0.05) is 55.5 Å². The summed E-state index contributed by atoms with van der Waals surface area (Å²) >= 11 is 0. The molecule has 104 valence electrons. The van der Waals surface area contributed by atoms with Crippen LogP contribution in [-0.4, -0.2) is 18.2 Å². The summed E-state index contributed by atoms with van der Waals surface area (Å²) in [6, 6.07) is 17.0. The molecule has 0 fully saturated rings. The van der Waals surface area contributed by atoms with Gasteiger partial charge in [0.25, 0.3) is 0 Å². The Labute approximate surface area is 118 Å². The van der Waals surface area contributed by atoms with Gasteiger partial charge in [0.1, 0.15) is 5.75 Å². The normalized spacial score (nSPS) is 13.5. The van der Waals surface area contributed by atoms with Crippen molar-refractivity contribution in [3.63, 3.8) is 0 Å². The number of hydrogen-bond donors (Lipinski definition) is 1. The van der Waals surface area contributed by atoms with Crippen LogP contribution in [0.5, 0.6) is 5.75 Å². The topological polar surface area (TPSA) is 46.5 Å². The van der Waals surface area contributed by atoms with Crippen molar-refractivity contribution in [2.45, 2.75) is 18.8 Å². The molecular formula is C17H18O3. The van der Waals surface area contributed by atoms with Crippen LogP contribution in [0.4, 0.5) is 0 Å². The van der Waals surface area contributed by atoms with Gasteiger partial charge >= 0.3 is 5.97 Å². The summed E-state index contributed by atoms with van der Waals surface area (Å²) in [4.78, 5) is 11.7. The third-order valence-electron chi connectivity index (χ3n) is 3.57. The van der Waals surface area contributed by atoms with Crippen LogP contribution >= 0.6 is 0 Å². The molecule has 0 spiro atoms. The van der Waals surface area contributed by atoms with E-state index in [1.54, 1.807) is 13.2 Å². The van der Waals surface area contributed by atoms with E-state index in [-0.39, 0.29) is 5.92 Å². The third kappa shape index (κ3) is 2.82. The van der Waals surface area contributed by atoms with Crippen LogP contribution in [-0.2, 0) is 4.79 Å². The molecule has 1 N–H and O–H groups in total. The molecule has 2 aromatic carbocycles. The van der Waals surface area contributed by atoms with Gasteiger partial charge < -0.3 is 9.84 Å². The fourth-order valence-corrected chi connectivity index (χ4v) is 2.49. The average Bonchev–Trinajstić information content (AvgIpc) is 2.48. The minimum absolute atomic E-state index is 0.134. The predicted molar refractivity (Wildman–Crippen MR) is 78.2 cm³/mol. The Hall–Kier alpha value is -2.29. The number of carbonyl (C=O) groups is 1. The van der Waals surface area contributed by atoms with E-state index in [0.29, 0.717) is 11.3 Å². The number of carboxylic acid groups (broad SMARTS) is 1. The smallest absolute Gasteiger partial charge is 0.311 e. The van der Waals surface area contributed by atoms with Crippen LogP contribution in [0.25, 0.3) is 0 Å². The van der Waals surface area contributed by atoms with Crippen molar-refractivity contribution >= 4 is 5.97 Å². The summed E-state index contributed by atoms with van der Waals surface area (Å²) in [5.41, 5.74) is 1.71. The first-order valence-corrected chi connectivity index (χ1v) is 6.55. The fourth-order valence-electron chi connectivity index (χ4n) is 2.49. The standard InChI is InChI=1S/C17H18O3/c1-12(13-8-4-3-5-9-13)16(17(18)19)14-10-6-7-11-15(14)20-2/h3-12,16H,1-2H3,(H,18,19). The van der Waals surface area contributed by atoms with E-state index in [9.17, 15) is 9.90 Å². The summed E-state index contributed by atoms with van der Waals surface area (Å²) < 4.78 is 5.30. The van der Waals surface area contributed by atoms with Gasteiger partial charge in [-0.2, -0.15) is 0 Å². The molecule has 0 bridgehead atoms. The number of methoxy groups -OCH3 is 1. The molecule has 2 atom stereocenters. The Bertz CT molecular complexity index is 578. The number of ether oxygens (including phenoxy) is 1. The first-order chi connectivity index (χ1) is 9.65. The lowest BCUT2D eigenvalue weighted by molar-refractivity contribution is -0.139. The van der Waals surface area contributed by atoms with Crippen LogP contribution in [0.1, 0.15) is 29.9 Å². The molecule has 0 amide bonds. The molecular weight excluding hydrogens is 252 g/mol. The SMILES string of the molecule is COc1ccccc1C(C(=O)O)C(C)c1ccccc1. The first kappa shape index (κ1) is 14.1. The molecule has 3 nitrogen and oxygen atoms in total. The number of carboxylic acids is 1. The quantitative estimate of drug-likeness (QED) is 0.901. The molecule has 2 aromatic rings. The minimum Gasteiger partial charge on any atom is -0.496 e. The second-order valence-corrected chi connectivity index (χ2v) is 4.76. The lowest BCUT2D eigenvalue weighted by atomic mass is 9.82. The van der Waals surface area contributed by atoms with Crippen LogP contribution in [0, 0.1) is 0 Å². The minimum atomic E-state index is -0.842. The number of aliphatic carboxylic acids is 1. The Kier molecular flexibility index (Phi) is 4.41. The van der Waals surface area contributed by atoms with Crippen LogP contribution in [0.3, 0.4) is 0 Å². The fraction of sp³-hybridized carbons (Fsp3) is 0.235. The summed E-state index contributed by atoms with van der Waals surface area (Å²) in [5.74, 6) is -0.993. The van der Waals surface area contributed by atoms with E-state index in [1.165, 1.54) is 0 Å². The van der Waals surface area contributed by atoms with Crippen LogP contribution in [0.2, 0.25) is 0 Å². The van der Waals surface area contributed by atoms with Crippen molar-refractivity contribution < 1.29 is 14.6 Å². The average molecular weight is 270 g/mol. The molecule has 0 aliphatic rings. The zero-order chi connectivity index (χ0) is 14.5. The van der Waals surface area contributed by atoms with Gasteiger partial charge in [-0.15, -0.1) is 0 Å².